The molecule has 1 N–H and O–H groups in total. The molecule has 3 aromatic carbocycles. The minimum atomic E-state index is -1.02. The molecule has 0 aromatic heterocycles. The van der Waals surface area contributed by atoms with E-state index in [1.807, 2.05) is 26.0 Å². The highest BCUT2D eigenvalue weighted by Gasteiger charge is 2.46. The Morgan fingerprint density at radius 2 is 1.56 bits per heavy atom. The van der Waals surface area contributed by atoms with Gasteiger partial charge in [0, 0.05) is 40.3 Å². The molecular weight excluding hydrogens is 464 g/mol. The van der Waals surface area contributed by atoms with Gasteiger partial charge in [-0.25, -0.2) is 0 Å². The highest BCUT2D eigenvalue weighted by Crippen LogP contribution is 2.42. The van der Waals surface area contributed by atoms with Crippen molar-refractivity contribution in [3.8, 4) is 5.75 Å². The zero-order valence-electron chi connectivity index (χ0n) is 21.6. The van der Waals surface area contributed by atoms with Crippen LogP contribution < -0.4 is 10.1 Å². The molecule has 2 bridgehead atoms. The van der Waals surface area contributed by atoms with Gasteiger partial charge in [0.15, 0.2) is 0 Å². The molecule has 1 unspecified atom stereocenters. The van der Waals surface area contributed by atoms with Gasteiger partial charge in [0.25, 0.3) is 0 Å². The molecule has 36 heavy (non-hydrogen) atoms. The number of piperidine rings is 3. The van der Waals surface area contributed by atoms with Gasteiger partial charge in [-0.2, -0.15) is 0 Å². The first-order chi connectivity index (χ1) is 17.6. The summed E-state index contributed by atoms with van der Waals surface area (Å²) >= 11 is 0. The van der Waals surface area contributed by atoms with Crippen LogP contribution in [-0.2, 0) is 17.3 Å². The Morgan fingerprint density at radius 3 is 2.11 bits per heavy atom. The van der Waals surface area contributed by atoms with E-state index < -0.39 is 10.8 Å². The minimum absolute atomic E-state index is 0.0861. The van der Waals surface area contributed by atoms with Crippen LogP contribution in [0.1, 0.15) is 49.3 Å². The fourth-order valence-corrected chi connectivity index (χ4v) is 7.22. The van der Waals surface area contributed by atoms with E-state index in [0.717, 1.165) is 29.3 Å². The quantitative estimate of drug-likeness (QED) is 0.414. The predicted molar refractivity (Wildman–Crippen MR) is 148 cm³/mol. The van der Waals surface area contributed by atoms with E-state index in [1.54, 1.807) is 7.11 Å². The van der Waals surface area contributed by atoms with Crippen molar-refractivity contribution in [3.05, 3.63) is 95.6 Å². The maximum Gasteiger partial charge on any atom is 0.123 e. The molecule has 3 fully saturated rings. The number of rotatable bonds is 9. The molecule has 4 nitrogen and oxygen atoms in total. The van der Waals surface area contributed by atoms with E-state index >= 15 is 0 Å². The SMILES string of the molecule is COc1ccc(S(=O)C(C)C)cc1CN[C@H]1C2CCN(CC2)[C@H]1C(c1ccccc1)c1ccccc1. The smallest absolute Gasteiger partial charge is 0.123 e. The van der Waals surface area contributed by atoms with E-state index in [9.17, 15) is 4.21 Å². The first-order valence-electron chi connectivity index (χ1n) is 13.2. The van der Waals surface area contributed by atoms with Crippen molar-refractivity contribution in [2.75, 3.05) is 20.2 Å². The first-order valence-corrected chi connectivity index (χ1v) is 14.4. The Kier molecular flexibility index (Phi) is 7.90. The van der Waals surface area contributed by atoms with Crippen LogP contribution in [0.15, 0.2) is 83.8 Å². The largest absolute Gasteiger partial charge is 0.496 e. The van der Waals surface area contributed by atoms with Crippen LogP contribution in [0.3, 0.4) is 0 Å². The number of hydrogen-bond donors (Lipinski definition) is 1. The topological polar surface area (TPSA) is 41.6 Å². The molecule has 190 valence electrons. The summed E-state index contributed by atoms with van der Waals surface area (Å²) < 4.78 is 18.5. The van der Waals surface area contributed by atoms with Crippen molar-refractivity contribution in [1.29, 1.82) is 0 Å². The van der Waals surface area contributed by atoms with Crippen molar-refractivity contribution in [2.45, 2.75) is 61.4 Å². The maximum absolute atomic E-state index is 12.8. The Labute approximate surface area is 218 Å². The summed E-state index contributed by atoms with van der Waals surface area (Å²) in [4.78, 5) is 3.59. The lowest BCUT2D eigenvalue weighted by Gasteiger charge is -2.54. The third-order valence-electron chi connectivity index (χ3n) is 7.97. The van der Waals surface area contributed by atoms with Crippen molar-refractivity contribution < 1.29 is 8.95 Å². The van der Waals surface area contributed by atoms with Gasteiger partial charge in [-0.05, 0) is 61.2 Å². The summed E-state index contributed by atoms with van der Waals surface area (Å²) in [5, 5.41) is 4.07. The van der Waals surface area contributed by atoms with Crippen LogP contribution in [0.2, 0.25) is 0 Å². The molecule has 0 saturated carbocycles. The van der Waals surface area contributed by atoms with E-state index in [1.165, 1.54) is 24.0 Å². The lowest BCUT2D eigenvalue weighted by molar-refractivity contribution is 0.00461. The number of ether oxygens (including phenoxy) is 1. The number of hydrogen-bond acceptors (Lipinski definition) is 4. The molecule has 6 rings (SSSR count). The molecule has 0 radical (unpaired) electrons. The Balaban J connectivity index is 1.47. The van der Waals surface area contributed by atoms with Gasteiger partial charge in [0.05, 0.1) is 17.9 Å². The molecule has 3 heterocycles. The zero-order chi connectivity index (χ0) is 25.1. The number of methoxy groups -OCH3 is 1. The van der Waals surface area contributed by atoms with Crippen LogP contribution in [-0.4, -0.2) is 46.6 Å². The van der Waals surface area contributed by atoms with E-state index in [4.69, 9.17) is 4.74 Å². The van der Waals surface area contributed by atoms with Gasteiger partial charge in [-0.3, -0.25) is 9.11 Å². The predicted octanol–water partition coefficient (Wildman–Crippen LogP) is 5.60. The van der Waals surface area contributed by atoms with Gasteiger partial charge in [-0.1, -0.05) is 74.5 Å². The second kappa shape index (κ2) is 11.3. The van der Waals surface area contributed by atoms with Crippen LogP contribution in [0.4, 0.5) is 0 Å². The van der Waals surface area contributed by atoms with Crippen LogP contribution >= 0.6 is 0 Å². The summed E-state index contributed by atoms with van der Waals surface area (Å²) in [5.74, 6) is 1.80. The Morgan fingerprint density at radius 1 is 0.944 bits per heavy atom. The third kappa shape index (κ3) is 5.15. The van der Waals surface area contributed by atoms with Gasteiger partial charge in [0.2, 0.25) is 0 Å². The summed E-state index contributed by atoms with van der Waals surface area (Å²) in [6.45, 7) is 7.03. The number of nitrogens with zero attached hydrogens (tertiary/aromatic N) is 1. The fraction of sp³-hybridized carbons (Fsp3) is 0.419. The van der Waals surface area contributed by atoms with Crippen LogP contribution in [0.5, 0.6) is 5.75 Å². The fourth-order valence-electron chi connectivity index (χ4n) is 6.21. The molecule has 3 aliphatic heterocycles. The minimum Gasteiger partial charge on any atom is -0.496 e. The standard InChI is InChI=1S/C31H38N2O2S/c1-22(2)36(34)27-14-15-28(35-3)26(20-27)21-32-30-25-16-18-33(19-17-25)31(30)29(23-10-6-4-7-11-23)24-12-8-5-9-13-24/h4-15,20,22,25,29-32H,16-19,21H2,1-3H3/t30-,31-,36?/m0/s1. The van der Waals surface area contributed by atoms with E-state index in [0.29, 0.717) is 30.5 Å². The maximum atomic E-state index is 12.8. The molecule has 0 aliphatic carbocycles. The van der Waals surface area contributed by atoms with Gasteiger partial charge in [-0.15, -0.1) is 0 Å². The average molecular weight is 503 g/mol. The number of nitrogens with one attached hydrogen (secondary N) is 1. The zero-order valence-corrected chi connectivity index (χ0v) is 22.4. The second-order valence-electron chi connectivity index (χ2n) is 10.4. The van der Waals surface area contributed by atoms with Crippen molar-refractivity contribution in [1.82, 2.24) is 10.2 Å². The van der Waals surface area contributed by atoms with E-state index in [-0.39, 0.29) is 5.25 Å². The highest BCUT2D eigenvalue weighted by atomic mass is 32.2. The Bertz CT molecular complexity index is 1120. The van der Waals surface area contributed by atoms with E-state index in [2.05, 4.69) is 76.9 Å². The molecular formula is C31H38N2O2S. The summed E-state index contributed by atoms with van der Waals surface area (Å²) in [7, 11) is 0.697. The molecule has 3 atom stereocenters. The summed E-state index contributed by atoms with van der Waals surface area (Å²) in [6.07, 6.45) is 2.47. The van der Waals surface area contributed by atoms with Gasteiger partial charge < -0.3 is 10.1 Å². The molecule has 0 amide bonds. The van der Waals surface area contributed by atoms with Gasteiger partial charge >= 0.3 is 0 Å². The molecule has 0 spiro atoms. The lowest BCUT2D eigenvalue weighted by atomic mass is 9.70. The van der Waals surface area contributed by atoms with Crippen molar-refractivity contribution in [3.63, 3.8) is 0 Å². The Hall–Kier alpha value is -2.47. The van der Waals surface area contributed by atoms with Crippen LogP contribution in [0, 0.1) is 5.92 Å². The third-order valence-corrected chi connectivity index (χ3v) is 9.55. The van der Waals surface area contributed by atoms with Crippen LogP contribution in [0.25, 0.3) is 0 Å². The second-order valence-corrected chi connectivity index (χ2v) is 12.4. The lowest BCUT2D eigenvalue weighted by Crippen LogP contribution is -2.64. The van der Waals surface area contributed by atoms with Gasteiger partial charge in [0.1, 0.15) is 5.75 Å². The molecule has 3 aliphatic rings. The first kappa shape index (κ1) is 25.2. The normalized spacial score (nSPS) is 24.2. The number of benzene rings is 3. The number of fused-ring (bicyclic) bond motifs is 3. The summed E-state index contributed by atoms with van der Waals surface area (Å²) in [6, 6.07) is 28.7. The average Bonchev–Trinajstić information content (AvgIpc) is 2.93. The molecule has 3 aromatic rings. The van der Waals surface area contributed by atoms with Crippen molar-refractivity contribution >= 4 is 10.8 Å². The highest BCUT2D eigenvalue weighted by molar-refractivity contribution is 7.85. The molecule has 5 heteroatoms. The monoisotopic (exact) mass is 502 g/mol. The summed E-state index contributed by atoms with van der Waals surface area (Å²) in [5.41, 5.74) is 3.83. The van der Waals surface area contributed by atoms with Crippen molar-refractivity contribution in [2.24, 2.45) is 5.92 Å². The molecule has 3 saturated heterocycles.